The normalized spacial score (nSPS) is 26.5. The maximum absolute atomic E-state index is 12.7. The lowest BCUT2D eigenvalue weighted by atomic mass is 10.1. The van der Waals surface area contributed by atoms with Gasteiger partial charge in [0.05, 0.1) is 5.69 Å². The first kappa shape index (κ1) is 12.7. The maximum atomic E-state index is 12.7. The standard InChI is InChI=1S/C14H21N3O2/c1-3-12-16-9(2)13(19-12)14(18)17-10-4-5-11(17)8-15-7-6-10/h10-11,15H,3-8H2,1-2H3. The molecule has 0 saturated carbocycles. The van der Waals surface area contributed by atoms with E-state index in [4.69, 9.17) is 4.42 Å². The zero-order valence-corrected chi connectivity index (χ0v) is 11.6. The molecule has 19 heavy (non-hydrogen) atoms. The summed E-state index contributed by atoms with van der Waals surface area (Å²) in [5.74, 6) is 1.12. The summed E-state index contributed by atoms with van der Waals surface area (Å²) in [5, 5.41) is 3.41. The molecule has 3 rings (SSSR count). The van der Waals surface area contributed by atoms with Gasteiger partial charge in [-0.1, -0.05) is 6.92 Å². The summed E-state index contributed by atoms with van der Waals surface area (Å²) in [6, 6.07) is 0.677. The highest BCUT2D eigenvalue weighted by atomic mass is 16.4. The number of carbonyl (C=O) groups is 1. The van der Waals surface area contributed by atoms with Gasteiger partial charge in [-0.15, -0.1) is 0 Å². The fourth-order valence-corrected chi connectivity index (χ4v) is 3.23. The Labute approximate surface area is 113 Å². The van der Waals surface area contributed by atoms with Crippen molar-refractivity contribution in [3.05, 3.63) is 17.3 Å². The number of nitrogens with zero attached hydrogens (tertiary/aromatic N) is 2. The number of carbonyl (C=O) groups excluding carboxylic acids is 1. The summed E-state index contributed by atoms with van der Waals surface area (Å²) in [5.41, 5.74) is 0.721. The molecule has 2 unspecified atom stereocenters. The Morgan fingerprint density at radius 1 is 1.42 bits per heavy atom. The molecule has 2 aliphatic rings. The highest BCUT2D eigenvalue weighted by Gasteiger charge is 2.40. The van der Waals surface area contributed by atoms with Crippen molar-refractivity contribution in [3.8, 4) is 0 Å². The highest BCUT2D eigenvalue weighted by Crippen LogP contribution is 2.30. The van der Waals surface area contributed by atoms with Crippen LogP contribution in [0.5, 0.6) is 0 Å². The monoisotopic (exact) mass is 263 g/mol. The summed E-state index contributed by atoms with van der Waals surface area (Å²) in [4.78, 5) is 19.1. The van der Waals surface area contributed by atoms with Gasteiger partial charge in [0, 0.05) is 25.0 Å². The van der Waals surface area contributed by atoms with Crippen LogP contribution in [0.1, 0.15) is 48.3 Å². The molecule has 2 aliphatic heterocycles. The first-order valence-corrected chi connectivity index (χ1v) is 7.20. The number of hydrogen-bond acceptors (Lipinski definition) is 4. The van der Waals surface area contributed by atoms with Gasteiger partial charge >= 0.3 is 0 Å². The molecule has 104 valence electrons. The molecule has 2 atom stereocenters. The molecule has 1 aromatic rings. The molecule has 1 N–H and O–H groups in total. The Bertz CT molecular complexity index is 469. The minimum Gasteiger partial charge on any atom is -0.435 e. The molecule has 0 aliphatic carbocycles. The Morgan fingerprint density at radius 2 is 2.21 bits per heavy atom. The van der Waals surface area contributed by atoms with E-state index in [1.165, 1.54) is 0 Å². The zero-order valence-electron chi connectivity index (χ0n) is 11.6. The predicted molar refractivity (Wildman–Crippen MR) is 71.1 cm³/mol. The van der Waals surface area contributed by atoms with E-state index in [0.717, 1.165) is 44.5 Å². The lowest BCUT2D eigenvalue weighted by Gasteiger charge is -2.26. The second kappa shape index (κ2) is 4.96. The predicted octanol–water partition coefficient (Wildman–Crippen LogP) is 1.51. The Morgan fingerprint density at radius 3 is 2.95 bits per heavy atom. The topological polar surface area (TPSA) is 58.4 Å². The van der Waals surface area contributed by atoms with Crippen LogP contribution in [0.2, 0.25) is 0 Å². The lowest BCUT2D eigenvalue weighted by molar-refractivity contribution is 0.0644. The van der Waals surface area contributed by atoms with Crippen molar-refractivity contribution in [3.63, 3.8) is 0 Å². The van der Waals surface area contributed by atoms with Crippen molar-refractivity contribution in [1.82, 2.24) is 15.2 Å². The quantitative estimate of drug-likeness (QED) is 0.878. The van der Waals surface area contributed by atoms with Crippen molar-refractivity contribution < 1.29 is 9.21 Å². The van der Waals surface area contributed by atoms with Crippen LogP contribution in [0.4, 0.5) is 0 Å². The van der Waals surface area contributed by atoms with Gasteiger partial charge < -0.3 is 14.6 Å². The molecule has 5 heteroatoms. The van der Waals surface area contributed by atoms with E-state index in [2.05, 4.69) is 10.3 Å². The largest absolute Gasteiger partial charge is 0.435 e. The van der Waals surface area contributed by atoms with E-state index in [0.29, 0.717) is 23.7 Å². The number of oxazole rings is 1. The Balaban J connectivity index is 1.88. The third-order valence-electron chi connectivity index (χ3n) is 4.23. The van der Waals surface area contributed by atoms with Gasteiger partial charge in [0.25, 0.3) is 5.91 Å². The van der Waals surface area contributed by atoms with Gasteiger partial charge in [-0.05, 0) is 32.7 Å². The number of aryl methyl sites for hydroxylation is 2. The first-order chi connectivity index (χ1) is 9.20. The first-order valence-electron chi connectivity index (χ1n) is 7.20. The molecule has 2 bridgehead atoms. The number of amides is 1. The minimum absolute atomic E-state index is 0.0286. The van der Waals surface area contributed by atoms with E-state index in [1.54, 1.807) is 0 Å². The number of fused-ring (bicyclic) bond motifs is 2. The third-order valence-corrected chi connectivity index (χ3v) is 4.23. The molecule has 2 fully saturated rings. The SMILES string of the molecule is CCc1nc(C)c(C(=O)N2C3CCNCC2CC3)o1. The van der Waals surface area contributed by atoms with Crippen LogP contribution in [0.25, 0.3) is 0 Å². The summed E-state index contributed by atoms with van der Waals surface area (Å²) in [6.07, 6.45) is 3.97. The van der Waals surface area contributed by atoms with Gasteiger partial charge in [0.15, 0.2) is 5.89 Å². The fraction of sp³-hybridized carbons (Fsp3) is 0.714. The van der Waals surface area contributed by atoms with E-state index in [9.17, 15) is 4.79 Å². The average Bonchev–Trinajstić information content (AvgIpc) is 2.88. The average molecular weight is 263 g/mol. The van der Waals surface area contributed by atoms with Crippen molar-refractivity contribution >= 4 is 5.91 Å². The summed E-state index contributed by atoms with van der Waals surface area (Å²) >= 11 is 0. The summed E-state index contributed by atoms with van der Waals surface area (Å²) < 4.78 is 5.62. The third kappa shape index (κ3) is 2.16. The Kier molecular flexibility index (Phi) is 3.31. The summed E-state index contributed by atoms with van der Waals surface area (Å²) in [7, 11) is 0. The molecule has 2 saturated heterocycles. The van der Waals surface area contributed by atoms with Crippen LogP contribution in [-0.2, 0) is 6.42 Å². The van der Waals surface area contributed by atoms with Gasteiger partial charge in [0.1, 0.15) is 0 Å². The molecule has 1 amide bonds. The molecule has 5 nitrogen and oxygen atoms in total. The van der Waals surface area contributed by atoms with Gasteiger partial charge in [0.2, 0.25) is 5.76 Å². The van der Waals surface area contributed by atoms with Crippen LogP contribution in [0.3, 0.4) is 0 Å². The van der Waals surface area contributed by atoms with E-state index < -0.39 is 0 Å². The van der Waals surface area contributed by atoms with Crippen LogP contribution < -0.4 is 5.32 Å². The van der Waals surface area contributed by atoms with Crippen molar-refractivity contribution in [2.24, 2.45) is 0 Å². The second-order valence-corrected chi connectivity index (χ2v) is 5.47. The van der Waals surface area contributed by atoms with Gasteiger partial charge in [-0.25, -0.2) is 4.98 Å². The van der Waals surface area contributed by atoms with Crippen LogP contribution >= 0.6 is 0 Å². The van der Waals surface area contributed by atoms with Crippen LogP contribution in [0.15, 0.2) is 4.42 Å². The van der Waals surface area contributed by atoms with Crippen molar-refractivity contribution in [1.29, 1.82) is 0 Å². The zero-order chi connectivity index (χ0) is 13.4. The molecule has 1 aromatic heterocycles. The number of aromatic nitrogens is 1. The smallest absolute Gasteiger partial charge is 0.292 e. The minimum atomic E-state index is 0.0286. The molecule has 3 heterocycles. The van der Waals surface area contributed by atoms with Gasteiger partial charge in [-0.2, -0.15) is 0 Å². The summed E-state index contributed by atoms with van der Waals surface area (Å²) in [6.45, 7) is 5.74. The highest BCUT2D eigenvalue weighted by molar-refractivity contribution is 5.93. The molecular formula is C14H21N3O2. The maximum Gasteiger partial charge on any atom is 0.292 e. The number of nitrogens with one attached hydrogen (secondary N) is 1. The van der Waals surface area contributed by atoms with Crippen LogP contribution in [0, 0.1) is 6.92 Å². The fourth-order valence-electron chi connectivity index (χ4n) is 3.23. The Hall–Kier alpha value is -1.36. The number of rotatable bonds is 2. The second-order valence-electron chi connectivity index (χ2n) is 5.47. The van der Waals surface area contributed by atoms with E-state index in [1.807, 2.05) is 18.7 Å². The molecule has 0 spiro atoms. The van der Waals surface area contributed by atoms with E-state index >= 15 is 0 Å². The lowest BCUT2D eigenvalue weighted by Crippen LogP contribution is -2.42. The molecular weight excluding hydrogens is 242 g/mol. The number of hydrogen-bond donors (Lipinski definition) is 1. The molecule has 0 aromatic carbocycles. The van der Waals surface area contributed by atoms with Crippen molar-refractivity contribution in [2.75, 3.05) is 13.1 Å². The van der Waals surface area contributed by atoms with Gasteiger partial charge in [-0.3, -0.25) is 4.79 Å². The van der Waals surface area contributed by atoms with E-state index in [-0.39, 0.29) is 5.91 Å². The molecule has 0 radical (unpaired) electrons. The van der Waals surface area contributed by atoms with Crippen molar-refractivity contribution in [2.45, 2.75) is 51.6 Å². The van der Waals surface area contributed by atoms with Crippen LogP contribution in [-0.4, -0.2) is 41.0 Å².